The van der Waals surface area contributed by atoms with Gasteiger partial charge in [0.15, 0.2) is 0 Å². The van der Waals surface area contributed by atoms with Gasteiger partial charge in [0.25, 0.3) is 0 Å². The van der Waals surface area contributed by atoms with Gasteiger partial charge < -0.3 is 70.2 Å². The summed E-state index contributed by atoms with van der Waals surface area (Å²) in [5.74, 6) is -7.33. The lowest BCUT2D eigenvalue weighted by molar-refractivity contribution is -0.156. The quantitative estimate of drug-likeness (QED) is 0.0116. The Kier molecular flexibility index (Phi) is 33.9. The number of nitrogens with one attached hydrogen (secondary N) is 6. The number of carbonyl (C=O) groups is 11. The van der Waals surface area contributed by atoms with Crippen LogP contribution in [0.15, 0.2) is 53.6 Å². The predicted molar refractivity (Wildman–Crippen MR) is 319 cm³/mol. The van der Waals surface area contributed by atoms with Crippen LogP contribution >= 0.6 is 0 Å². The van der Waals surface area contributed by atoms with Crippen molar-refractivity contribution in [3.05, 3.63) is 70.1 Å². The highest BCUT2D eigenvalue weighted by atomic mass is 16.6. The fraction of sp³-hybridized carbons (Fsp3) is 0.617. The molecule has 6 amide bonds. The zero-order valence-electron chi connectivity index (χ0n) is 52.2. The second kappa shape index (κ2) is 39.4. The van der Waals surface area contributed by atoms with Gasteiger partial charge in [-0.3, -0.25) is 47.9 Å². The Balaban J connectivity index is 0.000000899. The van der Waals surface area contributed by atoms with Gasteiger partial charge in [0, 0.05) is 62.7 Å². The third kappa shape index (κ3) is 33.5. The van der Waals surface area contributed by atoms with E-state index >= 15 is 0 Å². The third-order valence-corrected chi connectivity index (χ3v) is 12.0. The van der Waals surface area contributed by atoms with Crippen LogP contribution < -0.4 is 31.9 Å². The molecule has 2 aromatic carbocycles. The zero-order chi connectivity index (χ0) is 65.9. The molecule has 88 heavy (non-hydrogen) atoms. The van der Waals surface area contributed by atoms with Gasteiger partial charge in [0.1, 0.15) is 48.1 Å². The minimum atomic E-state index is -1.54. The molecule has 0 aliphatic heterocycles. The van der Waals surface area contributed by atoms with Crippen LogP contribution in [0.25, 0.3) is 21.6 Å². The first-order valence-corrected chi connectivity index (χ1v) is 29.1. The molecule has 28 heteroatoms. The number of methoxy groups -OCH3 is 1. The number of carboxylic acids is 1. The van der Waals surface area contributed by atoms with Crippen LogP contribution in [-0.2, 0) is 81.1 Å². The van der Waals surface area contributed by atoms with Crippen molar-refractivity contribution in [1.29, 1.82) is 0 Å². The minimum Gasteiger partial charge on any atom is -0.481 e. The van der Waals surface area contributed by atoms with Crippen molar-refractivity contribution in [3.8, 4) is 11.1 Å². The Hall–Kier alpha value is -8.36. The molecule has 3 rings (SSSR count). The summed E-state index contributed by atoms with van der Waals surface area (Å²) in [7, 11) is 1.32. The molecule has 3 atom stereocenters. The summed E-state index contributed by atoms with van der Waals surface area (Å²) in [6.45, 7) is 15.1. The van der Waals surface area contributed by atoms with E-state index in [4.69, 9.17) is 39.1 Å². The maximum Gasteiger partial charge on any atom is 0.407 e. The molecule has 0 aromatic heterocycles. The Morgan fingerprint density at radius 2 is 1.02 bits per heavy atom. The first-order valence-electron chi connectivity index (χ1n) is 29.1. The summed E-state index contributed by atoms with van der Waals surface area (Å²) in [5.41, 5.74) is 10.4. The number of alkyl carbamates (subject to hydrolysis) is 1. The fourth-order valence-corrected chi connectivity index (χ4v) is 8.23. The number of nitrogens with zero attached hydrogens (tertiary/aromatic N) is 3. The molecule has 1 aliphatic rings. The van der Waals surface area contributed by atoms with Crippen molar-refractivity contribution in [3.63, 3.8) is 0 Å². The van der Waals surface area contributed by atoms with E-state index in [1.807, 2.05) is 24.3 Å². The van der Waals surface area contributed by atoms with Gasteiger partial charge in [-0.15, -0.1) is 0 Å². The van der Waals surface area contributed by atoms with Crippen molar-refractivity contribution in [2.24, 2.45) is 5.11 Å². The number of fused-ring (bicyclic) bond motifs is 3. The molecule has 1 aliphatic carbocycles. The minimum absolute atomic E-state index is 0.0313. The summed E-state index contributed by atoms with van der Waals surface area (Å²) >= 11 is 0. The van der Waals surface area contributed by atoms with Crippen LogP contribution in [-0.4, -0.2) is 172 Å². The number of rotatable bonds is 36. The van der Waals surface area contributed by atoms with Crippen molar-refractivity contribution in [2.75, 3.05) is 66.3 Å². The molecular weight excluding hydrogens is 1150 g/mol. The Morgan fingerprint density at radius 1 is 0.545 bits per heavy atom. The molecule has 0 saturated carbocycles. The van der Waals surface area contributed by atoms with E-state index in [1.165, 1.54) is 29.4 Å². The monoisotopic (exact) mass is 1240 g/mol. The summed E-state index contributed by atoms with van der Waals surface area (Å²) < 4.78 is 36.7. The first kappa shape index (κ1) is 75.7. The Morgan fingerprint density at radius 3 is 1.51 bits per heavy atom. The second-order valence-electron chi connectivity index (χ2n) is 23.1. The maximum atomic E-state index is 13.9. The zero-order valence-corrected chi connectivity index (χ0v) is 52.2. The normalized spacial score (nSPS) is 12.7. The van der Waals surface area contributed by atoms with Crippen molar-refractivity contribution >= 4 is 65.5 Å². The van der Waals surface area contributed by atoms with Gasteiger partial charge in [-0.05, 0) is 122 Å². The smallest absolute Gasteiger partial charge is 0.407 e. The summed E-state index contributed by atoms with van der Waals surface area (Å²) in [5, 5.41) is 27.6. The van der Waals surface area contributed by atoms with E-state index in [9.17, 15) is 52.7 Å². The number of unbranched alkanes of at least 4 members (excludes halogenated alkanes) is 1. The van der Waals surface area contributed by atoms with E-state index in [1.54, 1.807) is 62.3 Å². The molecule has 0 spiro atoms. The number of hydrogen-bond acceptors (Lipinski definition) is 19. The second-order valence-corrected chi connectivity index (χ2v) is 23.1. The fourth-order valence-electron chi connectivity index (χ4n) is 8.23. The first-order chi connectivity index (χ1) is 41.4. The lowest BCUT2D eigenvalue weighted by Gasteiger charge is -2.26. The van der Waals surface area contributed by atoms with E-state index in [0.29, 0.717) is 19.4 Å². The van der Waals surface area contributed by atoms with Crippen LogP contribution in [0.4, 0.5) is 4.79 Å². The molecular formula is C60H89N9O19. The third-order valence-electron chi connectivity index (χ3n) is 12.0. The van der Waals surface area contributed by atoms with Crippen LogP contribution in [0, 0.1) is 0 Å². The van der Waals surface area contributed by atoms with E-state index < -0.39 is 102 Å². The van der Waals surface area contributed by atoms with E-state index in [0.717, 1.165) is 0 Å². The Bertz CT molecular complexity index is 2650. The lowest BCUT2D eigenvalue weighted by Crippen LogP contribution is -2.57. The summed E-state index contributed by atoms with van der Waals surface area (Å²) in [6.07, 6.45) is -1.42. The summed E-state index contributed by atoms with van der Waals surface area (Å²) in [6, 6.07) is 11.9. The maximum absolute atomic E-state index is 13.9. The van der Waals surface area contributed by atoms with Gasteiger partial charge in [0.2, 0.25) is 29.5 Å². The average molecular weight is 1240 g/mol. The highest BCUT2D eigenvalue weighted by molar-refractivity contribution is 5.95. The molecule has 28 nitrogen and oxygen atoms in total. The highest BCUT2D eigenvalue weighted by Crippen LogP contribution is 2.44. The molecule has 7 N–H and O–H groups in total. The summed E-state index contributed by atoms with van der Waals surface area (Å²) in [4.78, 5) is 140. The van der Waals surface area contributed by atoms with Crippen molar-refractivity contribution in [2.45, 2.75) is 174 Å². The van der Waals surface area contributed by atoms with E-state index in [2.05, 4.69) is 70.9 Å². The average Bonchev–Trinajstić information content (AvgIpc) is 2.26. The molecule has 2 aromatic rings. The predicted octanol–water partition coefficient (Wildman–Crippen LogP) is 5.12. The molecule has 488 valence electrons. The van der Waals surface area contributed by atoms with Crippen LogP contribution in [0.1, 0.15) is 150 Å². The van der Waals surface area contributed by atoms with Gasteiger partial charge >= 0.3 is 35.9 Å². The molecule has 0 bridgehead atoms. The standard InChI is InChI=1S/C41H70N8O15.C19H19NO4/c1-39(2,3)62-33(54)16-13-27(36(57)44-21-19-32(52)53)47-38(59)29(15-18-35(56)64-41(7,8)9)48-37(58)28(14-17-34(55)63-40(4,5)6)46-31(51)26-61-25-24-60-23-22-43-30(50)12-10-11-20-45-49-42;1-23-18(21)10-11-20-19(22)24-12-17-15-8-4-2-6-13(15)14-7-3-5-9-16(14)17/h27-29H,10-26H2,1-9H3,(H,43,50)(H,44,57)(H,46,51)(H,47,59)(H,48,58)(H,52,53);2-9,17H,10-12H2,1H3,(H,20,22)/t27-,28-,29-;/m1./s1. The van der Waals surface area contributed by atoms with Gasteiger partial charge in [-0.1, -0.05) is 53.6 Å². The van der Waals surface area contributed by atoms with Crippen molar-refractivity contribution in [1.82, 2.24) is 31.9 Å². The molecule has 0 saturated heterocycles. The molecule has 0 unspecified atom stereocenters. The number of hydrogen-bond donors (Lipinski definition) is 7. The SMILES string of the molecule is CC(C)(C)OC(=O)CC[C@@H](NC(=O)COCCOCCNC(=O)CCCCN=[N+]=[N-])C(=O)N[C@H](CCC(=O)OC(C)(C)C)C(=O)N[C@H](CCC(=O)OC(C)(C)C)C(=O)NCCC(=O)O.COC(=O)CCNC(=O)OCC1c2ccccc2-c2ccccc21. The molecule has 0 heterocycles. The van der Waals surface area contributed by atoms with Crippen LogP contribution in [0.3, 0.4) is 0 Å². The highest BCUT2D eigenvalue weighted by Gasteiger charge is 2.33. The largest absolute Gasteiger partial charge is 0.481 e. The number of ether oxygens (including phenoxy) is 7. The molecule has 0 fully saturated rings. The van der Waals surface area contributed by atoms with Gasteiger partial charge in [0.05, 0.1) is 39.8 Å². The number of azide groups is 1. The number of benzene rings is 2. The molecule has 0 radical (unpaired) electrons. The number of esters is 4. The number of aliphatic carboxylic acids is 1. The number of carbonyl (C=O) groups excluding carboxylic acids is 10. The number of carboxylic acid groups (broad SMARTS) is 1. The Labute approximate surface area is 513 Å². The van der Waals surface area contributed by atoms with Gasteiger partial charge in [-0.25, -0.2) is 4.79 Å². The van der Waals surface area contributed by atoms with Crippen LogP contribution in [0.2, 0.25) is 0 Å². The van der Waals surface area contributed by atoms with Crippen LogP contribution in [0.5, 0.6) is 0 Å². The number of amides is 6. The van der Waals surface area contributed by atoms with E-state index in [-0.39, 0.29) is 115 Å². The lowest BCUT2D eigenvalue weighted by atomic mass is 9.98. The van der Waals surface area contributed by atoms with Crippen molar-refractivity contribution < 1.29 is 91.0 Å². The van der Waals surface area contributed by atoms with Gasteiger partial charge in [-0.2, -0.15) is 0 Å². The topological polar surface area (TPSA) is 394 Å².